The Labute approximate surface area is 140 Å². The van der Waals surface area contributed by atoms with Crippen molar-refractivity contribution in [2.45, 2.75) is 26.2 Å². The molecule has 0 bridgehead atoms. The van der Waals surface area contributed by atoms with Gasteiger partial charge in [0.05, 0.1) is 12.7 Å². The summed E-state index contributed by atoms with van der Waals surface area (Å²) < 4.78 is 22.9. The predicted octanol–water partition coefficient (Wildman–Crippen LogP) is 3.91. The number of hydrogen-bond donors (Lipinski definition) is 2. The Balaban J connectivity index is 0.00000139. The zero-order valence-electron chi connectivity index (χ0n) is 14.1. The van der Waals surface area contributed by atoms with Crippen molar-refractivity contribution >= 4 is 11.8 Å². The molecule has 6 heteroatoms. The van der Waals surface area contributed by atoms with Gasteiger partial charge in [-0.1, -0.05) is 38.8 Å². The van der Waals surface area contributed by atoms with Crippen LogP contribution in [0.15, 0.2) is 30.3 Å². The monoisotopic (exact) mass is 330 g/mol. The van der Waals surface area contributed by atoms with Crippen LogP contribution in [0.5, 0.6) is 0 Å². The van der Waals surface area contributed by atoms with Gasteiger partial charge in [0.15, 0.2) is 5.82 Å². The molecule has 1 aromatic carbocycles. The van der Waals surface area contributed by atoms with Crippen LogP contribution in [0, 0.1) is 23.1 Å². The number of nitrogens with zero attached hydrogens (tertiary/aromatic N) is 2. The van der Waals surface area contributed by atoms with Gasteiger partial charge in [0, 0.05) is 5.41 Å². The number of hydrogen-bond acceptors (Lipinski definition) is 3. The minimum atomic E-state index is -0.393. The smallest absolute Gasteiger partial charge is 0.174 e. The third-order valence-electron chi connectivity index (χ3n) is 2.82. The normalized spacial score (nSPS) is 10.6. The molecule has 0 unspecified atom stereocenters. The van der Waals surface area contributed by atoms with Crippen molar-refractivity contribution in [3.05, 3.63) is 53.4 Å². The van der Waals surface area contributed by atoms with E-state index in [0.29, 0.717) is 13.0 Å². The lowest BCUT2D eigenvalue weighted by atomic mass is 9.96. The summed E-state index contributed by atoms with van der Waals surface area (Å²) in [4.78, 5) is 4.33. The number of H-pyrrole nitrogens is 1. The van der Waals surface area contributed by atoms with E-state index >= 15 is 0 Å². The Morgan fingerprint density at radius 1 is 1.25 bits per heavy atom. The number of aromatic nitrogens is 3. The van der Waals surface area contributed by atoms with Crippen molar-refractivity contribution in [2.24, 2.45) is 0 Å². The van der Waals surface area contributed by atoms with E-state index in [1.165, 1.54) is 12.1 Å². The standard InChI is InChI=1S/C17H17FN4.CH3F/c1-17(2,3)16-20-15(21-22-16)11-10-13(19)9-8-12-6-4-5-7-14(12)18;1-2/h4-7,10-11,19H,1-3H3,(H,20,21,22);1H3/b11-10-,19-13?;. The van der Waals surface area contributed by atoms with Gasteiger partial charge < -0.3 is 0 Å². The molecule has 0 aliphatic carbocycles. The van der Waals surface area contributed by atoms with E-state index in [1.54, 1.807) is 24.3 Å². The summed E-state index contributed by atoms with van der Waals surface area (Å²) in [5.41, 5.74) is 0.218. The van der Waals surface area contributed by atoms with Crippen LogP contribution < -0.4 is 0 Å². The van der Waals surface area contributed by atoms with E-state index in [0.717, 1.165) is 5.82 Å². The number of alkyl halides is 1. The van der Waals surface area contributed by atoms with Crippen LogP contribution in [0.4, 0.5) is 8.78 Å². The fraction of sp³-hybridized carbons (Fsp3) is 0.278. The molecule has 24 heavy (non-hydrogen) atoms. The molecule has 4 nitrogen and oxygen atoms in total. The Bertz CT molecular complexity index is 774. The summed E-state index contributed by atoms with van der Waals surface area (Å²) in [5, 5.41) is 14.7. The molecule has 0 spiro atoms. The third-order valence-corrected chi connectivity index (χ3v) is 2.82. The molecule has 2 rings (SSSR count). The molecule has 0 amide bonds. The van der Waals surface area contributed by atoms with Gasteiger partial charge in [-0.25, -0.2) is 9.37 Å². The molecule has 0 fully saturated rings. The highest BCUT2D eigenvalue weighted by Gasteiger charge is 2.17. The highest BCUT2D eigenvalue weighted by molar-refractivity contribution is 6.08. The zero-order chi connectivity index (χ0) is 18.2. The molecule has 0 aliphatic rings. The molecule has 0 aliphatic heterocycles. The zero-order valence-corrected chi connectivity index (χ0v) is 14.1. The van der Waals surface area contributed by atoms with Gasteiger partial charge >= 0.3 is 0 Å². The predicted molar refractivity (Wildman–Crippen MR) is 92.2 cm³/mol. The van der Waals surface area contributed by atoms with E-state index < -0.39 is 5.82 Å². The Kier molecular flexibility index (Phi) is 6.99. The number of aromatic amines is 1. The molecule has 2 aromatic rings. The minimum Gasteiger partial charge on any atom is -0.292 e. The van der Waals surface area contributed by atoms with Crippen LogP contribution in [0.3, 0.4) is 0 Å². The second kappa shape index (κ2) is 8.73. The highest BCUT2D eigenvalue weighted by atomic mass is 19.1. The summed E-state index contributed by atoms with van der Waals surface area (Å²) in [6.45, 7) is 6.09. The SMILES string of the molecule is CC(C)(C)c1nc(/C=C\C(=N)C#Cc2ccccc2F)n[nH]1.CF. The molecule has 1 aromatic heterocycles. The van der Waals surface area contributed by atoms with Crippen LogP contribution in [0.1, 0.15) is 38.0 Å². The average Bonchev–Trinajstić information content (AvgIpc) is 3.03. The Hall–Kier alpha value is -2.81. The number of halogens is 2. The van der Waals surface area contributed by atoms with E-state index in [-0.39, 0.29) is 16.7 Å². The second-order valence-corrected chi connectivity index (χ2v) is 5.77. The fourth-order valence-corrected chi connectivity index (χ4v) is 1.58. The summed E-state index contributed by atoms with van der Waals surface area (Å²) in [5.74, 6) is 6.09. The van der Waals surface area contributed by atoms with Crippen molar-refractivity contribution in [2.75, 3.05) is 7.18 Å². The van der Waals surface area contributed by atoms with Gasteiger partial charge in [-0.05, 0) is 30.2 Å². The lowest BCUT2D eigenvalue weighted by molar-refractivity contribution is 0.548. The average molecular weight is 330 g/mol. The number of rotatable bonds is 2. The minimum absolute atomic E-state index is 0.0605. The third kappa shape index (κ3) is 5.76. The van der Waals surface area contributed by atoms with Gasteiger partial charge in [0.1, 0.15) is 17.4 Å². The maximum Gasteiger partial charge on any atom is 0.174 e. The van der Waals surface area contributed by atoms with E-state index in [4.69, 9.17) is 5.41 Å². The van der Waals surface area contributed by atoms with Gasteiger partial charge in [0.25, 0.3) is 0 Å². The number of allylic oxidation sites excluding steroid dienone is 1. The van der Waals surface area contributed by atoms with Crippen molar-refractivity contribution in [3.63, 3.8) is 0 Å². The molecular formula is C18H20F2N4. The van der Waals surface area contributed by atoms with Crippen molar-refractivity contribution in [1.82, 2.24) is 15.2 Å². The van der Waals surface area contributed by atoms with Crippen LogP contribution in [-0.4, -0.2) is 28.1 Å². The Morgan fingerprint density at radius 3 is 2.50 bits per heavy atom. The van der Waals surface area contributed by atoms with E-state index in [1.807, 2.05) is 20.8 Å². The van der Waals surface area contributed by atoms with Crippen LogP contribution in [0.25, 0.3) is 6.08 Å². The summed E-state index contributed by atoms with van der Waals surface area (Å²) in [7, 11) is 0.500. The molecular weight excluding hydrogens is 310 g/mol. The summed E-state index contributed by atoms with van der Waals surface area (Å²) in [6.07, 6.45) is 3.09. The first kappa shape index (κ1) is 19.2. The van der Waals surface area contributed by atoms with E-state index in [2.05, 4.69) is 27.0 Å². The summed E-state index contributed by atoms with van der Waals surface area (Å²) >= 11 is 0. The van der Waals surface area contributed by atoms with Crippen LogP contribution in [0.2, 0.25) is 0 Å². The van der Waals surface area contributed by atoms with Crippen molar-refractivity contribution < 1.29 is 8.78 Å². The molecule has 0 saturated heterocycles. The van der Waals surface area contributed by atoms with E-state index in [9.17, 15) is 8.78 Å². The van der Waals surface area contributed by atoms with Gasteiger partial charge in [-0.2, -0.15) is 5.10 Å². The Morgan fingerprint density at radius 2 is 1.92 bits per heavy atom. The lowest BCUT2D eigenvalue weighted by Gasteiger charge is -2.12. The maximum atomic E-state index is 13.4. The molecule has 1 heterocycles. The second-order valence-electron chi connectivity index (χ2n) is 5.77. The topological polar surface area (TPSA) is 65.4 Å². The maximum absolute atomic E-state index is 13.4. The first-order valence-electron chi connectivity index (χ1n) is 7.20. The first-order valence-corrected chi connectivity index (χ1v) is 7.20. The lowest BCUT2D eigenvalue weighted by Crippen LogP contribution is -2.13. The highest BCUT2D eigenvalue weighted by Crippen LogP contribution is 2.17. The molecule has 0 radical (unpaired) electrons. The molecule has 0 saturated carbocycles. The van der Waals surface area contributed by atoms with Gasteiger partial charge in [-0.15, -0.1) is 0 Å². The largest absolute Gasteiger partial charge is 0.292 e. The molecule has 126 valence electrons. The fourth-order valence-electron chi connectivity index (χ4n) is 1.58. The quantitative estimate of drug-likeness (QED) is 0.647. The van der Waals surface area contributed by atoms with Gasteiger partial charge in [0.2, 0.25) is 0 Å². The summed E-state index contributed by atoms with van der Waals surface area (Å²) in [6, 6.07) is 6.21. The number of benzene rings is 1. The number of nitrogens with one attached hydrogen (secondary N) is 2. The van der Waals surface area contributed by atoms with Crippen LogP contribution in [-0.2, 0) is 5.41 Å². The first-order chi connectivity index (χ1) is 11.4. The van der Waals surface area contributed by atoms with Crippen molar-refractivity contribution in [3.8, 4) is 11.8 Å². The molecule has 0 atom stereocenters. The van der Waals surface area contributed by atoms with Gasteiger partial charge in [-0.3, -0.25) is 14.9 Å². The van der Waals surface area contributed by atoms with Crippen molar-refractivity contribution in [1.29, 1.82) is 5.41 Å². The van der Waals surface area contributed by atoms with Crippen LogP contribution >= 0.6 is 0 Å². The molecule has 2 N–H and O–H groups in total.